The van der Waals surface area contributed by atoms with Crippen LogP contribution in [0.5, 0.6) is 11.5 Å². The smallest absolute Gasteiger partial charge is 0.307 e. The number of nitrogens with two attached hydrogens (primary N) is 1. The van der Waals surface area contributed by atoms with Crippen molar-refractivity contribution in [3.63, 3.8) is 0 Å². The highest BCUT2D eigenvalue weighted by molar-refractivity contribution is 9.10. The van der Waals surface area contributed by atoms with Crippen molar-refractivity contribution in [2.24, 2.45) is 5.73 Å². The van der Waals surface area contributed by atoms with Gasteiger partial charge < -0.3 is 10.5 Å². The molecule has 0 aliphatic rings. The molecule has 0 aliphatic carbocycles. The second-order valence-corrected chi connectivity index (χ2v) is 4.97. The lowest BCUT2D eigenvalue weighted by Gasteiger charge is -2.11. The van der Waals surface area contributed by atoms with Gasteiger partial charge in [-0.25, -0.2) is 4.39 Å². The van der Waals surface area contributed by atoms with Crippen LogP contribution >= 0.6 is 15.9 Å². The largest absolute Gasteiger partial charge is 0.454 e. The molecular formula is C13H9BrF2N2O3. The molecule has 0 saturated carbocycles. The molecule has 2 N–H and O–H groups in total. The molecule has 2 rings (SSSR count). The van der Waals surface area contributed by atoms with Gasteiger partial charge in [-0.2, -0.15) is 4.39 Å². The number of nitro benzene ring substituents is 1. The van der Waals surface area contributed by atoms with Crippen molar-refractivity contribution >= 4 is 21.6 Å². The van der Waals surface area contributed by atoms with Crippen molar-refractivity contribution in [2.75, 3.05) is 0 Å². The van der Waals surface area contributed by atoms with Crippen molar-refractivity contribution in [1.29, 1.82) is 0 Å². The van der Waals surface area contributed by atoms with Gasteiger partial charge in [0, 0.05) is 22.6 Å². The molecule has 0 atom stereocenters. The molecule has 2 aromatic rings. The quantitative estimate of drug-likeness (QED) is 0.664. The van der Waals surface area contributed by atoms with E-state index in [1.165, 1.54) is 0 Å². The third kappa shape index (κ3) is 3.34. The Balaban J connectivity index is 2.43. The van der Waals surface area contributed by atoms with E-state index in [-0.39, 0.29) is 12.3 Å². The number of hydrogen-bond acceptors (Lipinski definition) is 4. The fraction of sp³-hybridized carbons (Fsp3) is 0.0769. The molecule has 5 nitrogen and oxygen atoms in total. The Morgan fingerprint density at radius 1 is 1.19 bits per heavy atom. The maximum atomic E-state index is 13.8. The summed E-state index contributed by atoms with van der Waals surface area (Å²) in [6.07, 6.45) is 0. The zero-order chi connectivity index (χ0) is 15.6. The molecule has 0 radical (unpaired) electrons. The predicted octanol–water partition coefficient (Wildman–Crippen LogP) is 3.89. The van der Waals surface area contributed by atoms with Crippen LogP contribution in [0.15, 0.2) is 34.8 Å². The van der Waals surface area contributed by atoms with Crippen LogP contribution in [0.3, 0.4) is 0 Å². The molecule has 0 aliphatic heterocycles. The van der Waals surface area contributed by atoms with E-state index in [0.29, 0.717) is 22.2 Å². The SMILES string of the molecule is NCc1ccc(Br)cc1Oc1cc(F)c([N+](=O)[O-])cc1F. The first-order valence-corrected chi connectivity index (χ1v) is 6.51. The van der Waals surface area contributed by atoms with Crippen LogP contribution in [-0.2, 0) is 6.54 Å². The Labute approximate surface area is 126 Å². The first-order valence-electron chi connectivity index (χ1n) is 5.72. The van der Waals surface area contributed by atoms with E-state index in [4.69, 9.17) is 10.5 Å². The van der Waals surface area contributed by atoms with Gasteiger partial charge in [0.15, 0.2) is 11.6 Å². The number of hydrogen-bond donors (Lipinski definition) is 1. The lowest BCUT2D eigenvalue weighted by molar-refractivity contribution is -0.387. The van der Waals surface area contributed by atoms with E-state index in [1.807, 2.05) is 0 Å². The van der Waals surface area contributed by atoms with E-state index >= 15 is 0 Å². The Morgan fingerprint density at radius 3 is 2.52 bits per heavy atom. The molecule has 2 aromatic carbocycles. The Kier molecular flexibility index (Phi) is 4.49. The van der Waals surface area contributed by atoms with Gasteiger partial charge in [0.25, 0.3) is 0 Å². The molecule has 0 saturated heterocycles. The Morgan fingerprint density at radius 2 is 1.90 bits per heavy atom. The van der Waals surface area contributed by atoms with Gasteiger partial charge >= 0.3 is 5.69 Å². The maximum absolute atomic E-state index is 13.8. The number of nitro groups is 1. The second kappa shape index (κ2) is 6.15. The molecule has 0 fully saturated rings. The topological polar surface area (TPSA) is 78.4 Å². The standard InChI is InChI=1S/C13H9BrF2N2O3/c14-8-2-1-7(6-17)12(3-8)21-13-5-9(15)11(18(19)20)4-10(13)16/h1-5H,6,17H2. The van der Waals surface area contributed by atoms with Crippen molar-refractivity contribution in [3.8, 4) is 11.5 Å². The summed E-state index contributed by atoms with van der Waals surface area (Å²) < 4.78 is 33.2. The van der Waals surface area contributed by atoms with E-state index in [2.05, 4.69) is 15.9 Å². The Bertz CT molecular complexity index is 710. The second-order valence-electron chi connectivity index (χ2n) is 4.05. The minimum atomic E-state index is -1.18. The van der Waals surface area contributed by atoms with E-state index in [9.17, 15) is 18.9 Å². The molecule has 0 bridgehead atoms. The third-order valence-corrected chi connectivity index (χ3v) is 3.16. The van der Waals surface area contributed by atoms with Gasteiger partial charge in [-0.3, -0.25) is 10.1 Å². The van der Waals surface area contributed by atoms with Gasteiger partial charge in [-0.05, 0) is 12.1 Å². The minimum Gasteiger partial charge on any atom is -0.454 e. The highest BCUT2D eigenvalue weighted by atomic mass is 79.9. The van der Waals surface area contributed by atoms with Crippen molar-refractivity contribution in [3.05, 3.63) is 62.1 Å². The highest BCUT2D eigenvalue weighted by Crippen LogP contribution is 2.33. The summed E-state index contributed by atoms with van der Waals surface area (Å²) in [7, 11) is 0. The molecular weight excluding hydrogens is 350 g/mol. The highest BCUT2D eigenvalue weighted by Gasteiger charge is 2.20. The van der Waals surface area contributed by atoms with Gasteiger partial charge in [0.1, 0.15) is 5.75 Å². The number of halogens is 3. The molecule has 0 heterocycles. The molecule has 0 unspecified atom stereocenters. The summed E-state index contributed by atoms with van der Waals surface area (Å²) in [5, 5.41) is 10.5. The third-order valence-electron chi connectivity index (χ3n) is 2.67. The van der Waals surface area contributed by atoms with Crippen LogP contribution < -0.4 is 10.5 Å². The molecule has 8 heteroatoms. The van der Waals surface area contributed by atoms with Gasteiger partial charge in [-0.1, -0.05) is 22.0 Å². The summed E-state index contributed by atoms with van der Waals surface area (Å²) in [5.41, 5.74) is 5.16. The minimum absolute atomic E-state index is 0.139. The molecule has 21 heavy (non-hydrogen) atoms. The van der Waals surface area contributed by atoms with Gasteiger partial charge in [0.2, 0.25) is 5.82 Å². The van der Waals surface area contributed by atoms with Crippen molar-refractivity contribution in [1.82, 2.24) is 0 Å². The summed E-state index contributed by atoms with van der Waals surface area (Å²) >= 11 is 3.22. The first kappa shape index (κ1) is 15.3. The van der Waals surface area contributed by atoms with Crippen molar-refractivity contribution < 1.29 is 18.4 Å². The summed E-state index contributed by atoms with van der Waals surface area (Å²) in [6.45, 7) is 0.139. The summed E-state index contributed by atoms with van der Waals surface area (Å²) in [4.78, 5) is 9.52. The lowest BCUT2D eigenvalue weighted by atomic mass is 10.2. The summed E-state index contributed by atoms with van der Waals surface area (Å²) in [5.74, 6) is -2.43. The normalized spacial score (nSPS) is 10.5. The first-order chi connectivity index (χ1) is 9.92. The zero-order valence-electron chi connectivity index (χ0n) is 10.5. The zero-order valence-corrected chi connectivity index (χ0v) is 12.1. The Hall–Kier alpha value is -2.06. The predicted molar refractivity (Wildman–Crippen MR) is 75.1 cm³/mol. The number of benzene rings is 2. The van der Waals surface area contributed by atoms with Gasteiger partial charge in [-0.15, -0.1) is 0 Å². The van der Waals surface area contributed by atoms with E-state index in [0.717, 1.165) is 0 Å². The number of ether oxygens (including phenoxy) is 1. The summed E-state index contributed by atoms with van der Waals surface area (Å²) in [6, 6.07) is 6.04. The lowest BCUT2D eigenvalue weighted by Crippen LogP contribution is -2.01. The van der Waals surface area contributed by atoms with Crippen LogP contribution in [-0.4, -0.2) is 4.92 Å². The van der Waals surface area contributed by atoms with Gasteiger partial charge in [0.05, 0.1) is 11.0 Å². The van der Waals surface area contributed by atoms with Crippen molar-refractivity contribution in [2.45, 2.75) is 6.54 Å². The van der Waals surface area contributed by atoms with Crippen LogP contribution in [0, 0.1) is 21.7 Å². The number of nitrogens with zero attached hydrogens (tertiary/aromatic N) is 1. The van der Waals surface area contributed by atoms with Crippen LogP contribution in [0.1, 0.15) is 5.56 Å². The molecule has 0 aromatic heterocycles. The molecule has 110 valence electrons. The van der Waals surface area contributed by atoms with Crippen LogP contribution in [0.25, 0.3) is 0 Å². The monoisotopic (exact) mass is 358 g/mol. The fourth-order valence-electron chi connectivity index (χ4n) is 1.65. The average Bonchev–Trinajstić information content (AvgIpc) is 2.42. The number of rotatable bonds is 4. The van der Waals surface area contributed by atoms with Crippen LogP contribution in [0.4, 0.5) is 14.5 Å². The van der Waals surface area contributed by atoms with E-state index in [1.54, 1.807) is 18.2 Å². The molecule has 0 amide bonds. The maximum Gasteiger partial charge on any atom is 0.307 e. The molecule has 0 spiro atoms. The van der Waals surface area contributed by atoms with Crippen LogP contribution in [0.2, 0.25) is 0 Å². The average molecular weight is 359 g/mol. The van der Waals surface area contributed by atoms with E-state index < -0.39 is 28.0 Å². The fourth-order valence-corrected chi connectivity index (χ4v) is 1.99.